The first kappa shape index (κ1) is 18.2. The fourth-order valence-corrected chi connectivity index (χ4v) is 1.31. The second kappa shape index (κ2) is 7.68. The van der Waals surface area contributed by atoms with Gasteiger partial charge in [-0.15, -0.1) is 0 Å². The molecular weight excluding hydrogens is 266 g/mol. The smallest absolute Gasteiger partial charge is 0.330 e. The second-order valence-corrected chi connectivity index (χ2v) is 5.50. The highest BCUT2D eigenvalue weighted by atomic mass is 16.6. The molecule has 0 fully saturated rings. The lowest BCUT2D eigenvalue weighted by molar-refractivity contribution is -0.155. The van der Waals surface area contributed by atoms with Crippen LogP contribution in [0.25, 0.3) is 0 Å². The number of urea groups is 1. The molecule has 20 heavy (non-hydrogen) atoms. The fourth-order valence-electron chi connectivity index (χ4n) is 1.31. The summed E-state index contributed by atoms with van der Waals surface area (Å²) in [6.45, 7) is 5.17. The lowest BCUT2D eigenvalue weighted by Crippen LogP contribution is -2.49. The number of carboxylic acid groups (broad SMARTS) is 1. The van der Waals surface area contributed by atoms with Gasteiger partial charge in [-0.05, 0) is 27.2 Å². The van der Waals surface area contributed by atoms with Crippen molar-refractivity contribution in [1.82, 2.24) is 15.8 Å². The first-order valence-corrected chi connectivity index (χ1v) is 6.20. The summed E-state index contributed by atoms with van der Waals surface area (Å²) in [6.07, 6.45) is -0.123. The van der Waals surface area contributed by atoms with Crippen LogP contribution >= 0.6 is 0 Å². The molecule has 0 aromatic carbocycles. The Hall–Kier alpha value is -1.83. The Bertz CT molecular complexity index is 363. The van der Waals surface area contributed by atoms with E-state index in [-0.39, 0.29) is 12.8 Å². The second-order valence-electron chi connectivity index (χ2n) is 5.50. The van der Waals surface area contributed by atoms with Gasteiger partial charge in [-0.1, -0.05) is 0 Å². The van der Waals surface area contributed by atoms with Crippen molar-refractivity contribution in [1.29, 1.82) is 0 Å². The summed E-state index contributed by atoms with van der Waals surface area (Å²) >= 11 is 0. The molecule has 0 radical (unpaired) electrons. The van der Waals surface area contributed by atoms with Crippen LogP contribution in [0.5, 0.6) is 0 Å². The van der Waals surface area contributed by atoms with Gasteiger partial charge in [0.15, 0.2) is 0 Å². The summed E-state index contributed by atoms with van der Waals surface area (Å²) in [6, 6.07) is -1.80. The largest absolute Gasteiger partial charge is 0.480 e. The van der Waals surface area contributed by atoms with Gasteiger partial charge >= 0.3 is 18.0 Å². The zero-order chi connectivity index (χ0) is 15.9. The molecule has 0 spiro atoms. The van der Waals surface area contributed by atoms with Crippen LogP contribution in [0.2, 0.25) is 0 Å². The number of hydrazine groups is 1. The first-order chi connectivity index (χ1) is 9.01. The summed E-state index contributed by atoms with van der Waals surface area (Å²) in [5.74, 6) is -1.71. The molecular formula is C12H23N3O5. The third kappa shape index (κ3) is 9.15. The number of carbonyl (C=O) groups is 3. The molecule has 0 aliphatic heterocycles. The first-order valence-electron chi connectivity index (χ1n) is 6.20. The number of hydrogen-bond donors (Lipinski definition) is 3. The monoisotopic (exact) mass is 289 g/mol. The molecule has 0 aliphatic rings. The highest BCUT2D eigenvalue weighted by Crippen LogP contribution is 2.10. The van der Waals surface area contributed by atoms with Crippen molar-refractivity contribution in [2.24, 2.45) is 0 Å². The molecule has 8 heteroatoms. The van der Waals surface area contributed by atoms with E-state index in [0.29, 0.717) is 0 Å². The quantitative estimate of drug-likeness (QED) is 0.480. The van der Waals surface area contributed by atoms with Gasteiger partial charge in [-0.3, -0.25) is 10.2 Å². The van der Waals surface area contributed by atoms with Crippen molar-refractivity contribution in [2.45, 2.75) is 45.3 Å². The fraction of sp³-hybridized carbons (Fsp3) is 0.750. The molecule has 3 N–H and O–H groups in total. The molecule has 0 bridgehead atoms. The van der Waals surface area contributed by atoms with Gasteiger partial charge in [0.25, 0.3) is 0 Å². The number of nitrogens with zero attached hydrogens (tertiary/aromatic N) is 1. The third-order valence-electron chi connectivity index (χ3n) is 1.99. The standard InChI is InChI=1S/C12H23N3O5/c1-12(2,3)20-9(16)7-6-8(10(17)18)13-11(19)14-15(4)5/h8H,6-7H2,1-5H3,(H,17,18)(H2,13,14,19)/t8-/m1/s1. The molecule has 0 aromatic heterocycles. The van der Waals surface area contributed by atoms with Gasteiger partial charge in [0.05, 0.1) is 0 Å². The Morgan fingerprint density at radius 2 is 1.80 bits per heavy atom. The van der Waals surface area contributed by atoms with E-state index in [1.54, 1.807) is 34.9 Å². The summed E-state index contributed by atoms with van der Waals surface area (Å²) in [5.41, 5.74) is 1.74. The van der Waals surface area contributed by atoms with Crippen molar-refractivity contribution < 1.29 is 24.2 Å². The Labute approximate surface area is 118 Å². The zero-order valence-corrected chi connectivity index (χ0v) is 12.5. The Morgan fingerprint density at radius 3 is 2.20 bits per heavy atom. The van der Waals surface area contributed by atoms with E-state index in [2.05, 4.69) is 10.7 Å². The predicted molar refractivity (Wildman–Crippen MR) is 71.9 cm³/mol. The van der Waals surface area contributed by atoms with Crippen LogP contribution in [0.4, 0.5) is 4.79 Å². The van der Waals surface area contributed by atoms with Gasteiger partial charge in [0, 0.05) is 20.5 Å². The van der Waals surface area contributed by atoms with E-state index in [4.69, 9.17) is 9.84 Å². The highest BCUT2D eigenvalue weighted by Gasteiger charge is 2.23. The normalized spacial score (nSPS) is 12.7. The van der Waals surface area contributed by atoms with Crippen molar-refractivity contribution in [3.8, 4) is 0 Å². The van der Waals surface area contributed by atoms with Crippen molar-refractivity contribution >= 4 is 18.0 Å². The van der Waals surface area contributed by atoms with Gasteiger partial charge in [-0.25, -0.2) is 14.6 Å². The van der Waals surface area contributed by atoms with Gasteiger partial charge < -0.3 is 15.2 Å². The molecule has 1 atom stereocenters. The molecule has 0 unspecified atom stereocenters. The van der Waals surface area contributed by atoms with Gasteiger partial charge in [-0.2, -0.15) is 0 Å². The van der Waals surface area contributed by atoms with E-state index in [0.717, 1.165) is 0 Å². The van der Waals surface area contributed by atoms with Gasteiger partial charge in [0.2, 0.25) is 0 Å². The average Bonchev–Trinajstić information content (AvgIpc) is 2.19. The van der Waals surface area contributed by atoms with Crippen LogP contribution in [0.1, 0.15) is 33.6 Å². The van der Waals surface area contributed by atoms with E-state index < -0.39 is 29.6 Å². The number of rotatable bonds is 6. The summed E-state index contributed by atoms with van der Waals surface area (Å²) in [7, 11) is 3.19. The Kier molecular flexibility index (Phi) is 6.98. The van der Waals surface area contributed by atoms with Crippen molar-refractivity contribution in [2.75, 3.05) is 14.1 Å². The number of aliphatic carboxylic acids is 1. The lowest BCUT2D eigenvalue weighted by atomic mass is 10.1. The Balaban J connectivity index is 4.32. The molecule has 0 saturated heterocycles. The van der Waals surface area contributed by atoms with Crippen LogP contribution in [0.3, 0.4) is 0 Å². The van der Waals surface area contributed by atoms with Crippen LogP contribution in [-0.4, -0.2) is 53.8 Å². The van der Waals surface area contributed by atoms with Crippen LogP contribution in [0.15, 0.2) is 0 Å². The third-order valence-corrected chi connectivity index (χ3v) is 1.99. The van der Waals surface area contributed by atoms with E-state index in [1.165, 1.54) is 5.01 Å². The average molecular weight is 289 g/mol. The van der Waals surface area contributed by atoms with E-state index in [1.807, 2.05) is 0 Å². The van der Waals surface area contributed by atoms with Crippen LogP contribution < -0.4 is 10.7 Å². The summed E-state index contributed by atoms with van der Waals surface area (Å²) in [4.78, 5) is 33.9. The molecule has 0 aromatic rings. The zero-order valence-electron chi connectivity index (χ0n) is 12.5. The maximum absolute atomic E-state index is 11.5. The molecule has 2 amide bonds. The molecule has 8 nitrogen and oxygen atoms in total. The molecule has 116 valence electrons. The van der Waals surface area contributed by atoms with Crippen molar-refractivity contribution in [3.05, 3.63) is 0 Å². The highest BCUT2D eigenvalue weighted by molar-refractivity contribution is 5.82. The van der Waals surface area contributed by atoms with Crippen LogP contribution in [-0.2, 0) is 14.3 Å². The number of carbonyl (C=O) groups excluding carboxylic acids is 2. The number of ether oxygens (including phenoxy) is 1. The predicted octanol–water partition coefficient (Wildman–Crippen LogP) is 0.337. The number of hydrogen-bond acceptors (Lipinski definition) is 5. The molecule has 0 rings (SSSR count). The minimum Gasteiger partial charge on any atom is -0.480 e. The summed E-state index contributed by atoms with van der Waals surface area (Å²) < 4.78 is 5.07. The van der Waals surface area contributed by atoms with Crippen LogP contribution in [0, 0.1) is 0 Å². The maximum Gasteiger partial charge on any atom is 0.330 e. The topological polar surface area (TPSA) is 108 Å². The van der Waals surface area contributed by atoms with Crippen molar-refractivity contribution in [3.63, 3.8) is 0 Å². The molecule has 0 heterocycles. The summed E-state index contributed by atoms with van der Waals surface area (Å²) in [5, 5.41) is 12.6. The Morgan fingerprint density at radius 1 is 1.25 bits per heavy atom. The van der Waals surface area contributed by atoms with E-state index >= 15 is 0 Å². The van der Waals surface area contributed by atoms with Gasteiger partial charge in [0.1, 0.15) is 11.6 Å². The minimum atomic E-state index is -1.21. The number of nitrogens with one attached hydrogen (secondary N) is 2. The van der Waals surface area contributed by atoms with E-state index in [9.17, 15) is 14.4 Å². The maximum atomic E-state index is 11.5. The number of esters is 1. The number of carboxylic acids is 1. The SMILES string of the molecule is CN(C)NC(=O)N[C@H](CCC(=O)OC(C)(C)C)C(=O)O. The number of amides is 2. The lowest BCUT2D eigenvalue weighted by Gasteiger charge is -2.21. The molecule has 0 aliphatic carbocycles. The minimum absolute atomic E-state index is 0.0366. The molecule has 0 saturated carbocycles.